The van der Waals surface area contributed by atoms with E-state index < -0.39 is 10.1 Å². The number of hydrogen-bond donors (Lipinski definition) is 3. The highest BCUT2D eigenvalue weighted by Gasteiger charge is 2.12. The second-order valence-electron chi connectivity index (χ2n) is 3.14. The smallest absolute Gasteiger partial charge is 0.294 e. The first-order chi connectivity index (χ1) is 8.98. The van der Waals surface area contributed by atoms with Crippen LogP contribution in [0.2, 0.25) is 0 Å². The molecule has 19 heavy (non-hydrogen) atoms. The van der Waals surface area contributed by atoms with Crippen molar-refractivity contribution in [2.24, 2.45) is 5.73 Å². The Morgan fingerprint density at radius 3 is 2.11 bits per heavy atom. The Labute approximate surface area is 113 Å². The summed E-state index contributed by atoms with van der Waals surface area (Å²) >= 11 is 0. The Kier molecular flexibility index (Phi) is 7.06. The molecule has 0 saturated heterocycles. The van der Waals surface area contributed by atoms with E-state index in [9.17, 15) is 13.5 Å². The molecule has 0 atom stereocenters. The van der Waals surface area contributed by atoms with E-state index in [4.69, 9.17) is 4.55 Å². The van der Waals surface area contributed by atoms with Crippen molar-refractivity contribution in [3.8, 4) is 5.75 Å². The molecule has 2 aromatic carbocycles. The van der Waals surface area contributed by atoms with Crippen molar-refractivity contribution < 1.29 is 18.1 Å². The number of fused-ring (bicyclic) bond motifs is 1. The molecule has 6 heteroatoms. The Hall–Kier alpha value is -1.63. The molecule has 0 aliphatic rings. The predicted octanol–water partition coefficient (Wildman–Crippen LogP) is 2.39. The summed E-state index contributed by atoms with van der Waals surface area (Å²) in [5.41, 5.74) is 4.50. The van der Waals surface area contributed by atoms with Crippen LogP contribution in [0.3, 0.4) is 0 Å². The zero-order valence-electron chi connectivity index (χ0n) is 11.2. The summed E-state index contributed by atoms with van der Waals surface area (Å²) in [6.45, 7) is 4.00. The van der Waals surface area contributed by atoms with Crippen LogP contribution in [-0.4, -0.2) is 25.1 Å². The summed E-state index contributed by atoms with van der Waals surface area (Å²) in [7, 11) is -2.78. The molecule has 106 valence electrons. The lowest BCUT2D eigenvalue weighted by molar-refractivity contribution is 0.471. The van der Waals surface area contributed by atoms with Crippen molar-refractivity contribution in [1.82, 2.24) is 0 Å². The van der Waals surface area contributed by atoms with Crippen molar-refractivity contribution in [1.29, 1.82) is 0 Å². The minimum Gasteiger partial charge on any atom is -0.507 e. The fourth-order valence-electron chi connectivity index (χ4n) is 1.41. The van der Waals surface area contributed by atoms with E-state index in [0.717, 1.165) is 6.07 Å². The van der Waals surface area contributed by atoms with Gasteiger partial charge in [0.15, 0.2) is 0 Å². The second-order valence-corrected chi connectivity index (χ2v) is 4.56. The van der Waals surface area contributed by atoms with Gasteiger partial charge in [-0.3, -0.25) is 4.55 Å². The van der Waals surface area contributed by atoms with Gasteiger partial charge in [-0.05, 0) is 18.5 Å². The SMILES string of the molecule is CC.CN.O=S(=O)(O)c1cc(O)c2ccccc2c1. The summed E-state index contributed by atoms with van der Waals surface area (Å²) < 4.78 is 30.6. The molecule has 2 aromatic rings. The first kappa shape index (κ1) is 17.4. The molecule has 2 rings (SSSR count). The molecule has 0 radical (unpaired) electrons. The van der Waals surface area contributed by atoms with Crippen LogP contribution >= 0.6 is 0 Å². The zero-order valence-corrected chi connectivity index (χ0v) is 12.0. The molecule has 0 amide bonds. The topological polar surface area (TPSA) is 101 Å². The monoisotopic (exact) mass is 285 g/mol. The van der Waals surface area contributed by atoms with Crippen LogP contribution in [0.1, 0.15) is 13.8 Å². The fourth-order valence-corrected chi connectivity index (χ4v) is 1.95. The van der Waals surface area contributed by atoms with Crippen LogP contribution in [0.5, 0.6) is 5.75 Å². The summed E-state index contributed by atoms with van der Waals surface area (Å²) in [6.07, 6.45) is 0. The standard InChI is InChI=1S/C10H8O4S.C2H6.CH5N/c11-10-6-8(15(12,13)14)5-7-3-1-2-4-9(7)10;2*1-2/h1-6,11H,(H,12,13,14);1-2H3;2H2,1H3. The normalized spacial score (nSPS) is 9.95. The highest BCUT2D eigenvalue weighted by atomic mass is 32.2. The van der Waals surface area contributed by atoms with Gasteiger partial charge >= 0.3 is 0 Å². The average Bonchev–Trinajstić information content (AvgIpc) is 2.42. The van der Waals surface area contributed by atoms with Gasteiger partial charge < -0.3 is 10.8 Å². The summed E-state index contributed by atoms with van der Waals surface area (Å²) in [4.78, 5) is -0.307. The van der Waals surface area contributed by atoms with E-state index in [2.05, 4.69) is 5.73 Å². The first-order valence-corrected chi connectivity index (χ1v) is 7.19. The maximum Gasteiger partial charge on any atom is 0.294 e. The van der Waals surface area contributed by atoms with Gasteiger partial charge in [-0.1, -0.05) is 38.1 Å². The Balaban J connectivity index is 0.000000741. The number of aromatic hydroxyl groups is 1. The third-order valence-corrected chi connectivity index (χ3v) is 2.94. The lowest BCUT2D eigenvalue weighted by Gasteiger charge is -2.03. The molecule has 0 aromatic heterocycles. The molecule has 4 N–H and O–H groups in total. The first-order valence-electron chi connectivity index (χ1n) is 5.75. The highest BCUT2D eigenvalue weighted by molar-refractivity contribution is 7.85. The number of benzene rings is 2. The molecule has 0 aliphatic carbocycles. The number of nitrogens with two attached hydrogens (primary N) is 1. The fraction of sp³-hybridized carbons (Fsp3) is 0.231. The minimum absolute atomic E-state index is 0.166. The number of phenolic OH excluding ortho intramolecular Hbond substituents is 1. The Morgan fingerprint density at radius 2 is 1.58 bits per heavy atom. The van der Waals surface area contributed by atoms with Crippen LogP contribution in [0.25, 0.3) is 10.8 Å². The minimum atomic E-state index is -4.28. The maximum absolute atomic E-state index is 10.9. The number of hydrogen-bond acceptors (Lipinski definition) is 4. The summed E-state index contributed by atoms with van der Waals surface area (Å²) in [5.74, 6) is -0.166. The quantitative estimate of drug-likeness (QED) is 0.698. The van der Waals surface area contributed by atoms with E-state index >= 15 is 0 Å². The van der Waals surface area contributed by atoms with Gasteiger partial charge in [0, 0.05) is 11.5 Å². The largest absolute Gasteiger partial charge is 0.507 e. The molecular weight excluding hydrogens is 266 g/mol. The third-order valence-electron chi connectivity index (χ3n) is 2.11. The van der Waals surface area contributed by atoms with Crippen LogP contribution in [0.4, 0.5) is 0 Å². The van der Waals surface area contributed by atoms with Crippen molar-refractivity contribution in [2.75, 3.05) is 7.05 Å². The third kappa shape index (κ3) is 4.51. The van der Waals surface area contributed by atoms with Crippen molar-refractivity contribution >= 4 is 20.9 Å². The van der Waals surface area contributed by atoms with Gasteiger partial charge in [0.2, 0.25) is 0 Å². The number of rotatable bonds is 1. The van der Waals surface area contributed by atoms with Gasteiger partial charge in [-0.15, -0.1) is 0 Å². The van der Waals surface area contributed by atoms with Gasteiger partial charge in [0.25, 0.3) is 10.1 Å². The molecule has 0 unspecified atom stereocenters. The molecule has 0 aliphatic heterocycles. The lowest BCUT2D eigenvalue weighted by Crippen LogP contribution is -1.97. The molecule has 5 nitrogen and oxygen atoms in total. The number of phenols is 1. The van der Waals surface area contributed by atoms with Gasteiger partial charge in [0.1, 0.15) is 5.75 Å². The Bertz CT molecular complexity index is 624. The average molecular weight is 285 g/mol. The molecule has 0 fully saturated rings. The molecule has 0 heterocycles. The van der Waals surface area contributed by atoms with Crippen LogP contribution in [0.15, 0.2) is 41.3 Å². The Morgan fingerprint density at radius 1 is 1.05 bits per heavy atom. The van der Waals surface area contributed by atoms with Gasteiger partial charge in [0.05, 0.1) is 4.90 Å². The second kappa shape index (κ2) is 7.73. The molecule has 0 bridgehead atoms. The molecule has 0 spiro atoms. The van der Waals surface area contributed by atoms with Crippen LogP contribution in [-0.2, 0) is 10.1 Å². The maximum atomic E-state index is 10.9. The summed E-state index contributed by atoms with van der Waals surface area (Å²) in [5, 5.41) is 10.6. The van der Waals surface area contributed by atoms with Crippen molar-refractivity contribution in [3.05, 3.63) is 36.4 Å². The van der Waals surface area contributed by atoms with Crippen molar-refractivity contribution in [2.45, 2.75) is 18.7 Å². The van der Waals surface area contributed by atoms with E-state index in [1.54, 1.807) is 24.3 Å². The molecular formula is C13H19NO4S. The van der Waals surface area contributed by atoms with E-state index in [1.807, 2.05) is 13.8 Å². The van der Waals surface area contributed by atoms with Gasteiger partial charge in [-0.25, -0.2) is 0 Å². The van der Waals surface area contributed by atoms with Crippen LogP contribution < -0.4 is 5.73 Å². The van der Waals surface area contributed by atoms with E-state index in [1.165, 1.54) is 13.1 Å². The van der Waals surface area contributed by atoms with Gasteiger partial charge in [-0.2, -0.15) is 8.42 Å². The predicted molar refractivity (Wildman–Crippen MR) is 76.9 cm³/mol. The van der Waals surface area contributed by atoms with Crippen molar-refractivity contribution in [3.63, 3.8) is 0 Å². The summed E-state index contributed by atoms with van der Waals surface area (Å²) in [6, 6.07) is 9.11. The van der Waals surface area contributed by atoms with Crippen LogP contribution in [0, 0.1) is 0 Å². The van der Waals surface area contributed by atoms with E-state index in [-0.39, 0.29) is 10.6 Å². The highest BCUT2D eigenvalue weighted by Crippen LogP contribution is 2.28. The van der Waals surface area contributed by atoms with E-state index in [0.29, 0.717) is 10.8 Å². The zero-order chi connectivity index (χ0) is 15.1. The lowest BCUT2D eigenvalue weighted by atomic mass is 10.1. The molecule has 0 saturated carbocycles.